The highest BCUT2D eigenvalue weighted by atomic mass is 32.1. The normalized spacial score (nSPS) is 12.0. The van der Waals surface area contributed by atoms with E-state index >= 15 is 0 Å². The third-order valence-corrected chi connectivity index (χ3v) is 3.58. The van der Waals surface area contributed by atoms with Gasteiger partial charge in [-0.25, -0.2) is 4.79 Å². The summed E-state index contributed by atoms with van der Waals surface area (Å²) in [4.78, 5) is 34.2. The number of hydrogen-bond acceptors (Lipinski definition) is 4. The highest BCUT2D eigenvalue weighted by Crippen LogP contribution is 2.05. The number of thiophene rings is 1. The van der Waals surface area contributed by atoms with Crippen molar-refractivity contribution in [2.45, 2.75) is 32.7 Å². The molecule has 0 radical (unpaired) electrons. The summed E-state index contributed by atoms with van der Waals surface area (Å²) in [5.41, 5.74) is 0.607. The van der Waals surface area contributed by atoms with Gasteiger partial charge < -0.3 is 15.7 Å². The molecular weight excluding hydrogens is 292 g/mol. The predicted octanol–water partition coefficient (Wildman–Crippen LogP) is 1.48. The Morgan fingerprint density at radius 2 is 2.05 bits per heavy atom. The Kier molecular flexibility index (Phi) is 6.87. The van der Waals surface area contributed by atoms with E-state index in [0.29, 0.717) is 18.5 Å². The Labute approximate surface area is 127 Å². The average molecular weight is 312 g/mol. The van der Waals surface area contributed by atoms with E-state index in [1.807, 2.05) is 5.38 Å². The second kappa shape index (κ2) is 8.41. The van der Waals surface area contributed by atoms with Crippen LogP contribution in [0.15, 0.2) is 16.8 Å². The van der Waals surface area contributed by atoms with Crippen molar-refractivity contribution in [2.75, 3.05) is 6.54 Å². The van der Waals surface area contributed by atoms with E-state index in [4.69, 9.17) is 5.11 Å². The summed E-state index contributed by atoms with van der Waals surface area (Å²) in [6, 6.07) is 0.852. The topological polar surface area (TPSA) is 95.5 Å². The molecule has 1 unspecified atom stereocenters. The molecular formula is C14H20N2O4S. The van der Waals surface area contributed by atoms with Crippen molar-refractivity contribution >= 4 is 29.1 Å². The van der Waals surface area contributed by atoms with Gasteiger partial charge in [0.15, 0.2) is 0 Å². The number of carboxylic acids is 1. The van der Waals surface area contributed by atoms with E-state index < -0.39 is 12.0 Å². The zero-order chi connectivity index (χ0) is 15.8. The number of rotatable bonds is 8. The predicted molar refractivity (Wildman–Crippen MR) is 80.3 cm³/mol. The summed E-state index contributed by atoms with van der Waals surface area (Å²) in [5, 5.41) is 17.7. The van der Waals surface area contributed by atoms with E-state index in [0.717, 1.165) is 0 Å². The van der Waals surface area contributed by atoms with Crippen LogP contribution in [0.1, 0.15) is 37.0 Å². The molecule has 2 amide bonds. The molecule has 7 heteroatoms. The molecule has 6 nitrogen and oxygen atoms in total. The number of nitrogens with one attached hydrogen (secondary N) is 2. The molecule has 0 aliphatic carbocycles. The molecule has 3 N–H and O–H groups in total. The molecule has 1 aromatic heterocycles. The fourth-order valence-corrected chi connectivity index (χ4v) is 2.34. The van der Waals surface area contributed by atoms with Gasteiger partial charge in [0.25, 0.3) is 5.91 Å². The van der Waals surface area contributed by atoms with Crippen molar-refractivity contribution < 1.29 is 19.5 Å². The molecule has 0 saturated heterocycles. The van der Waals surface area contributed by atoms with Crippen molar-refractivity contribution in [1.29, 1.82) is 0 Å². The summed E-state index contributed by atoms with van der Waals surface area (Å²) in [6.45, 7) is 3.85. The second-order valence-electron chi connectivity index (χ2n) is 5.00. The van der Waals surface area contributed by atoms with Crippen molar-refractivity contribution in [3.8, 4) is 0 Å². The van der Waals surface area contributed by atoms with Gasteiger partial charge in [-0.05, 0) is 23.8 Å². The summed E-state index contributed by atoms with van der Waals surface area (Å²) in [6.07, 6.45) is 0.645. The number of carbonyl (C=O) groups is 3. The van der Waals surface area contributed by atoms with Crippen LogP contribution in [0.2, 0.25) is 0 Å². The van der Waals surface area contributed by atoms with Crippen LogP contribution >= 0.6 is 11.3 Å². The lowest BCUT2D eigenvalue weighted by molar-refractivity contribution is -0.143. The van der Waals surface area contributed by atoms with Gasteiger partial charge >= 0.3 is 5.97 Å². The van der Waals surface area contributed by atoms with Gasteiger partial charge in [0, 0.05) is 23.9 Å². The smallest absolute Gasteiger partial charge is 0.326 e. The highest BCUT2D eigenvalue weighted by molar-refractivity contribution is 7.08. The lowest BCUT2D eigenvalue weighted by Crippen LogP contribution is -2.44. The number of aliphatic carboxylic acids is 1. The van der Waals surface area contributed by atoms with Gasteiger partial charge in [0.1, 0.15) is 6.04 Å². The van der Waals surface area contributed by atoms with Crippen LogP contribution in [0.4, 0.5) is 0 Å². The van der Waals surface area contributed by atoms with Crippen LogP contribution in [0.25, 0.3) is 0 Å². The van der Waals surface area contributed by atoms with Crippen molar-refractivity contribution in [3.05, 3.63) is 22.4 Å². The fraction of sp³-hybridized carbons (Fsp3) is 0.500. The second-order valence-corrected chi connectivity index (χ2v) is 5.78. The Morgan fingerprint density at radius 1 is 1.33 bits per heavy atom. The van der Waals surface area contributed by atoms with Crippen LogP contribution in [-0.4, -0.2) is 35.5 Å². The van der Waals surface area contributed by atoms with E-state index in [1.165, 1.54) is 11.3 Å². The van der Waals surface area contributed by atoms with Crippen LogP contribution < -0.4 is 10.6 Å². The Morgan fingerprint density at radius 3 is 2.57 bits per heavy atom. The zero-order valence-corrected chi connectivity index (χ0v) is 12.9. The van der Waals surface area contributed by atoms with Gasteiger partial charge in [-0.2, -0.15) is 11.3 Å². The van der Waals surface area contributed by atoms with Gasteiger partial charge in [0.05, 0.1) is 0 Å². The molecule has 1 atom stereocenters. The standard InChI is InChI=1S/C14H20N2O4S/c1-9(2)12(14(19)20)16-11(17)4-3-6-15-13(18)10-5-7-21-8-10/h5,7-9,12H,3-4,6H2,1-2H3,(H,15,18)(H,16,17)(H,19,20). The van der Waals surface area contributed by atoms with Gasteiger partial charge in [-0.15, -0.1) is 0 Å². The van der Waals surface area contributed by atoms with E-state index in [2.05, 4.69) is 10.6 Å². The average Bonchev–Trinajstić information content (AvgIpc) is 2.94. The van der Waals surface area contributed by atoms with Gasteiger partial charge in [-0.1, -0.05) is 13.8 Å². The lowest BCUT2D eigenvalue weighted by atomic mass is 10.0. The summed E-state index contributed by atoms with van der Waals surface area (Å²) >= 11 is 1.44. The Bertz CT molecular complexity index is 485. The minimum Gasteiger partial charge on any atom is -0.480 e. The number of carbonyl (C=O) groups excluding carboxylic acids is 2. The first-order chi connectivity index (χ1) is 9.91. The first kappa shape index (κ1) is 17.2. The SMILES string of the molecule is CC(C)C(NC(=O)CCCNC(=O)c1ccsc1)C(=O)O. The van der Waals surface area contributed by atoms with Gasteiger partial charge in [0.2, 0.25) is 5.91 Å². The molecule has 0 bridgehead atoms. The lowest BCUT2D eigenvalue weighted by Gasteiger charge is -2.17. The molecule has 0 fully saturated rings. The highest BCUT2D eigenvalue weighted by Gasteiger charge is 2.22. The first-order valence-corrected chi connectivity index (χ1v) is 7.68. The molecule has 1 heterocycles. The molecule has 0 aliphatic heterocycles. The largest absolute Gasteiger partial charge is 0.480 e. The molecule has 21 heavy (non-hydrogen) atoms. The molecule has 1 aromatic rings. The van der Waals surface area contributed by atoms with Crippen molar-refractivity contribution in [1.82, 2.24) is 10.6 Å². The van der Waals surface area contributed by atoms with Crippen LogP contribution in [-0.2, 0) is 9.59 Å². The maximum absolute atomic E-state index is 11.7. The molecule has 0 aromatic carbocycles. The van der Waals surface area contributed by atoms with E-state index in [1.54, 1.807) is 25.3 Å². The van der Waals surface area contributed by atoms with Gasteiger partial charge in [-0.3, -0.25) is 9.59 Å². The third-order valence-electron chi connectivity index (χ3n) is 2.90. The molecule has 0 spiro atoms. The maximum atomic E-state index is 11.7. The van der Waals surface area contributed by atoms with Crippen LogP contribution in [0.5, 0.6) is 0 Å². The zero-order valence-electron chi connectivity index (χ0n) is 12.1. The van der Waals surface area contributed by atoms with Crippen molar-refractivity contribution in [3.63, 3.8) is 0 Å². The molecule has 0 saturated carbocycles. The van der Waals surface area contributed by atoms with Crippen molar-refractivity contribution in [2.24, 2.45) is 5.92 Å². The quantitative estimate of drug-likeness (QED) is 0.634. The first-order valence-electron chi connectivity index (χ1n) is 6.74. The molecule has 116 valence electrons. The number of carboxylic acid groups (broad SMARTS) is 1. The Hall–Kier alpha value is -1.89. The maximum Gasteiger partial charge on any atom is 0.326 e. The molecule has 0 aliphatic rings. The summed E-state index contributed by atoms with van der Waals surface area (Å²) in [5.74, 6) is -1.70. The van der Waals surface area contributed by atoms with Crippen LogP contribution in [0.3, 0.4) is 0 Å². The third kappa shape index (κ3) is 5.95. The summed E-state index contributed by atoms with van der Waals surface area (Å²) in [7, 11) is 0. The van der Waals surface area contributed by atoms with Crippen LogP contribution in [0, 0.1) is 5.92 Å². The summed E-state index contributed by atoms with van der Waals surface area (Å²) < 4.78 is 0. The minimum absolute atomic E-state index is 0.165. The number of amides is 2. The Balaban J connectivity index is 2.24. The minimum atomic E-state index is -1.04. The van der Waals surface area contributed by atoms with E-state index in [-0.39, 0.29) is 24.2 Å². The monoisotopic (exact) mass is 312 g/mol. The van der Waals surface area contributed by atoms with E-state index in [9.17, 15) is 14.4 Å². The number of hydrogen-bond donors (Lipinski definition) is 3. The molecule has 1 rings (SSSR count). The fourth-order valence-electron chi connectivity index (χ4n) is 1.71.